The molecule has 20 heavy (non-hydrogen) atoms. The summed E-state index contributed by atoms with van der Waals surface area (Å²) < 4.78 is 11.8. The van der Waals surface area contributed by atoms with Crippen molar-refractivity contribution in [2.45, 2.75) is 13.8 Å². The van der Waals surface area contributed by atoms with E-state index in [4.69, 9.17) is 9.47 Å². The fourth-order valence-electron chi connectivity index (χ4n) is 2.70. The molecule has 3 aromatic rings. The molecule has 0 N–H and O–H groups in total. The van der Waals surface area contributed by atoms with Crippen molar-refractivity contribution >= 4 is 21.5 Å². The molecule has 100 valence electrons. The van der Waals surface area contributed by atoms with Crippen molar-refractivity contribution in [1.29, 1.82) is 0 Å². The van der Waals surface area contributed by atoms with Gasteiger partial charge in [-0.2, -0.15) is 0 Å². The summed E-state index contributed by atoms with van der Waals surface area (Å²) in [7, 11) is 0. The van der Waals surface area contributed by atoms with Crippen LogP contribution < -0.4 is 9.47 Å². The predicted molar refractivity (Wildman–Crippen MR) is 81.9 cm³/mol. The highest BCUT2D eigenvalue weighted by atomic mass is 16.5. The molecular weight excluding hydrogens is 248 g/mol. The van der Waals surface area contributed by atoms with Gasteiger partial charge in [0.25, 0.3) is 0 Å². The van der Waals surface area contributed by atoms with Gasteiger partial charge in [0.05, 0.1) is 12.0 Å². The zero-order valence-corrected chi connectivity index (χ0v) is 11.6. The van der Waals surface area contributed by atoms with Crippen molar-refractivity contribution in [3.05, 3.63) is 42.5 Å². The van der Waals surface area contributed by atoms with E-state index in [0.717, 1.165) is 17.2 Å². The fourth-order valence-corrected chi connectivity index (χ4v) is 2.70. The van der Waals surface area contributed by atoms with Crippen LogP contribution in [0, 0.1) is 5.92 Å². The third kappa shape index (κ3) is 1.58. The highest BCUT2D eigenvalue weighted by molar-refractivity contribution is 6.12. The summed E-state index contributed by atoms with van der Waals surface area (Å²) in [5, 5.41) is 4.81. The molecule has 0 aromatic heterocycles. The summed E-state index contributed by atoms with van der Waals surface area (Å²) in [6.07, 6.45) is 0. The van der Waals surface area contributed by atoms with Crippen LogP contribution in [0.4, 0.5) is 0 Å². The largest absolute Gasteiger partial charge is 0.489 e. The van der Waals surface area contributed by atoms with E-state index in [1.165, 1.54) is 21.5 Å². The second-order valence-electron chi connectivity index (χ2n) is 5.72. The lowest BCUT2D eigenvalue weighted by Crippen LogP contribution is -2.08. The third-order valence-electron chi connectivity index (χ3n) is 3.67. The van der Waals surface area contributed by atoms with Gasteiger partial charge in [0.15, 0.2) is 11.5 Å². The number of hydrogen-bond acceptors (Lipinski definition) is 2. The van der Waals surface area contributed by atoms with E-state index in [9.17, 15) is 0 Å². The van der Waals surface area contributed by atoms with Gasteiger partial charge in [0.1, 0.15) is 5.75 Å². The Morgan fingerprint density at radius 1 is 1.00 bits per heavy atom. The van der Waals surface area contributed by atoms with Gasteiger partial charge in [0.2, 0.25) is 0 Å². The quantitative estimate of drug-likeness (QED) is 0.477. The lowest BCUT2D eigenvalue weighted by molar-refractivity contribution is 0.260. The summed E-state index contributed by atoms with van der Waals surface area (Å²) in [5.74, 6) is 3.25. The minimum absolute atomic E-state index is 0.508. The molecule has 0 spiro atoms. The summed E-state index contributed by atoms with van der Waals surface area (Å²) in [4.78, 5) is 0. The molecule has 2 nitrogen and oxygen atoms in total. The van der Waals surface area contributed by atoms with Crippen molar-refractivity contribution in [3.63, 3.8) is 0 Å². The molecule has 1 aliphatic heterocycles. The van der Waals surface area contributed by atoms with Crippen LogP contribution in [-0.2, 0) is 0 Å². The number of fused-ring (bicyclic) bond motifs is 2. The number of rotatable bonds is 3. The topological polar surface area (TPSA) is 18.5 Å². The third-order valence-corrected chi connectivity index (χ3v) is 3.67. The molecule has 0 radical (unpaired) electrons. The second-order valence-corrected chi connectivity index (χ2v) is 5.72. The Balaban J connectivity index is 1.89. The van der Waals surface area contributed by atoms with E-state index in [1.807, 2.05) is 12.1 Å². The summed E-state index contributed by atoms with van der Waals surface area (Å²) in [5.41, 5.74) is 0. The molecule has 2 heteroatoms. The van der Waals surface area contributed by atoms with Gasteiger partial charge in [-0.3, -0.25) is 0 Å². The SMILES string of the molecule is CC(C)COc1ccc2cc3ccccc3c3c2c1O3. The van der Waals surface area contributed by atoms with E-state index < -0.39 is 0 Å². The van der Waals surface area contributed by atoms with Gasteiger partial charge >= 0.3 is 0 Å². The Morgan fingerprint density at radius 3 is 2.70 bits per heavy atom. The summed E-state index contributed by atoms with van der Waals surface area (Å²) >= 11 is 0. The van der Waals surface area contributed by atoms with Crippen LogP contribution in [0.1, 0.15) is 13.8 Å². The zero-order chi connectivity index (χ0) is 13.7. The highest BCUT2D eigenvalue weighted by Gasteiger charge is 2.26. The van der Waals surface area contributed by atoms with E-state index in [-0.39, 0.29) is 0 Å². The van der Waals surface area contributed by atoms with Crippen molar-refractivity contribution in [2.75, 3.05) is 6.61 Å². The maximum absolute atomic E-state index is 5.93. The van der Waals surface area contributed by atoms with Crippen molar-refractivity contribution in [1.82, 2.24) is 0 Å². The van der Waals surface area contributed by atoms with Crippen LogP contribution >= 0.6 is 0 Å². The first-order chi connectivity index (χ1) is 9.74. The van der Waals surface area contributed by atoms with Gasteiger partial charge in [-0.25, -0.2) is 0 Å². The van der Waals surface area contributed by atoms with Gasteiger partial charge in [0, 0.05) is 5.39 Å². The molecule has 1 heterocycles. The minimum atomic E-state index is 0.508. The molecule has 0 unspecified atom stereocenters. The van der Waals surface area contributed by atoms with Gasteiger partial charge in [-0.05, 0) is 28.8 Å². The Bertz CT molecular complexity index is 818. The molecule has 0 aliphatic carbocycles. The predicted octanol–water partition coefficient (Wildman–Crippen LogP) is 5.13. The first kappa shape index (κ1) is 11.6. The molecule has 1 aliphatic rings. The van der Waals surface area contributed by atoms with Crippen LogP contribution in [0.25, 0.3) is 21.5 Å². The lowest BCUT2D eigenvalue weighted by atomic mass is 9.98. The Labute approximate surface area is 117 Å². The van der Waals surface area contributed by atoms with E-state index in [2.05, 4.69) is 44.2 Å². The van der Waals surface area contributed by atoms with Crippen LogP contribution in [-0.4, -0.2) is 6.61 Å². The average molecular weight is 264 g/mol. The molecule has 0 saturated carbocycles. The molecule has 0 saturated heterocycles. The zero-order valence-electron chi connectivity index (χ0n) is 11.6. The first-order valence-electron chi connectivity index (χ1n) is 7.03. The van der Waals surface area contributed by atoms with E-state index in [0.29, 0.717) is 12.5 Å². The van der Waals surface area contributed by atoms with Gasteiger partial charge in [-0.1, -0.05) is 44.2 Å². The molecule has 3 aromatic carbocycles. The molecule has 0 fully saturated rings. The standard InChI is InChI=1S/C18H16O2/c1-11(2)10-19-15-8-7-13-9-12-5-3-4-6-14(12)17-16(13)18(15)20-17/h3-9,11H,10H2,1-2H3. The lowest BCUT2D eigenvalue weighted by Gasteiger charge is -2.25. The first-order valence-corrected chi connectivity index (χ1v) is 7.03. The fraction of sp³-hybridized carbons (Fsp3) is 0.222. The summed E-state index contributed by atoms with van der Waals surface area (Å²) in [6.45, 7) is 5.00. The normalized spacial score (nSPS) is 12.6. The molecule has 4 rings (SSSR count). The van der Waals surface area contributed by atoms with Gasteiger partial charge < -0.3 is 9.47 Å². The second kappa shape index (κ2) is 4.14. The maximum atomic E-state index is 5.93. The van der Waals surface area contributed by atoms with Crippen molar-refractivity contribution in [3.8, 4) is 17.2 Å². The summed E-state index contributed by atoms with van der Waals surface area (Å²) in [6, 6.07) is 14.7. The maximum Gasteiger partial charge on any atom is 0.180 e. The number of ether oxygens (including phenoxy) is 2. The van der Waals surface area contributed by atoms with Crippen LogP contribution in [0.3, 0.4) is 0 Å². The smallest absolute Gasteiger partial charge is 0.180 e. The van der Waals surface area contributed by atoms with Gasteiger partial charge in [-0.15, -0.1) is 0 Å². The minimum Gasteiger partial charge on any atom is -0.489 e. The van der Waals surface area contributed by atoms with E-state index >= 15 is 0 Å². The number of benzene rings is 3. The highest BCUT2D eigenvalue weighted by Crippen LogP contribution is 2.54. The molecule has 0 atom stereocenters. The Morgan fingerprint density at radius 2 is 1.85 bits per heavy atom. The molecular formula is C18H16O2. The Kier molecular flexibility index (Phi) is 2.40. The van der Waals surface area contributed by atoms with E-state index in [1.54, 1.807) is 0 Å². The van der Waals surface area contributed by atoms with Crippen molar-refractivity contribution in [2.24, 2.45) is 5.92 Å². The monoisotopic (exact) mass is 264 g/mol. The number of hydrogen-bond donors (Lipinski definition) is 0. The van der Waals surface area contributed by atoms with Crippen LogP contribution in [0.5, 0.6) is 17.2 Å². The van der Waals surface area contributed by atoms with Crippen LogP contribution in [0.15, 0.2) is 42.5 Å². The average Bonchev–Trinajstić information content (AvgIpc) is 2.41. The van der Waals surface area contributed by atoms with Crippen molar-refractivity contribution < 1.29 is 9.47 Å². The molecule has 0 bridgehead atoms. The van der Waals surface area contributed by atoms with Crippen LogP contribution in [0.2, 0.25) is 0 Å². The molecule has 0 amide bonds. The Hall–Kier alpha value is -2.22.